The predicted molar refractivity (Wildman–Crippen MR) is 76.8 cm³/mol. The number of aromatic nitrogens is 1. The van der Waals surface area contributed by atoms with Gasteiger partial charge < -0.3 is 10.5 Å². The van der Waals surface area contributed by atoms with Crippen molar-refractivity contribution in [2.45, 2.75) is 26.4 Å². The van der Waals surface area contributed by atoms with Gasteiger partial charge in [-0.25, -0.2) is 4.79 Å². The molecule has 0 radical (unpaired) electrons. The number of carbonyl (C=O) groups is 1. The lowest BCUT2D eigenvalue weighted by Gasteiger charge is -2.19. The SMILES string of the molecule is C=C(N)c1cccc2c1ccn2C(=O)OC(C)(C)C. The Balaban J connectivity index is 2.50. The maximum atomic E-state index is 12.1. The molecule has 1 heterocycles. The molecule has 0 aliphatic carbocycles. The van der Waals surface area contributed by atoms with Crippen LogP contribution in [0.3, 0.4) is 0 Å². The van der Waals surface area contributed by atoms with Crippen LogP contribution in [0.4, 0.5) is 4.79 Å². The minimum absolute atomic E-state index is 0.401. The van der Waals surface area contributed by atoms with Crippen molar-refractivity contribution in [1.82, 2.24) is 4.57 Å². The Kier molecular flexibility index (Phi) is 3.10. The van der Waals surface area contributed by atoms with Gasteiger partial charge in [-0.3, -0.25) is 4.57 Å². The second kappa shape index (κ2) is 4.46. The van der Waals surface area contributed by atoms with E-state index in [1.807, 2.05) is 45.0 Å². The Bertz CT molecular complexity index is 648. The molecule has 1 aromatic heterocycles. The number of nitrogens with zero attached hydrogens (tertiary/aromatic N) is 1. The summed E-state index contributed by atoms with van der Waals surface area (Å²) in [6, 6.07) is 7.42. The maximum absolute atomic E-state index is 12.1. The summed E-state index contributed by atoms with van der Waals surface area (Å²) in [7, 11) is 0. The van der Waals surface area contributed by atoms with Gasteiger partial charge in [0.05, 0.1) is 5.52 Å². The third kappa shape index (κ3) is 2.62. The first kappa shape index (κ1) is 13.2. The molecule has 1 aromatic carbocycles. The Morgan fingerprint density at radius 1 is 1.32 bits per heavy atom. The molecule has 0 saturated heterocycles. The quantitative estimate of drug-likeness (QED) is 0.853. The van der Waals surface area contributed by atoms with Crippen LogP contribution in [-0.2, 0) is 4.74 Å². The van der Waals surface area contributed by atoms with Crippen molar-refractivity contribution in [3.63, 3.8) is 0 Å². The highest BCUT2D eigenvalue weighted by molar-refractivity contribution is 5.96. The molecule has 100 valence electrons. The van der Waals surface area contributed by atoms with Gasteiger partial charge in [-0.2, -0.15) is 0 Å². The monoisotopic (exact) mass is 258 g/mol. The normalized spacial score (nSPS) is 11.5. The predicted octanol–water partition coefficient (Wildman–Crippen LogP) is 3.35. The Morgan fingerprint density at radius 2 is 2.00 bits per heavy atom. The van der Waals surface area contributed by atoms with Gasteiger partial charge in [0.1, 0.15) is 5.60 Å². The first-order valence-electron chi connectivity index (χ1n) is 6.08. The molecule has 2 rings (SSSR count). The van der Waals surface area contributed by atoms with Crippen LogP contribution in [0.2, 0.25) is 0 Å². The number of hydrogen-bond donors (Lipinski definition) is 1. The van der Waals surface area contributed by atoms with E-state index in [-0.39, 0.29) is 0 Å². The summed E-state index contributed by atoms with van der Waals surface area (Å²) in [6.45, 7) is 9.25. The summed E-state index contributed by atoms with van der Waals surface area (Å²) in [4.78, 5) is 12.1. The molecule has 0 saturated carbocycles. The number of carbonyl (C=O) groups excluding carboxylic acids is 1. The van der Waals surface area contributed by atoms with Crippen LogP contribution in [0, 0.1) is 0 Å². The fourth-order valence-electron chi connectivity index (χ4n) is 1.92. The van der Waals surface area contributed by atoms with Gasteiger partial charge in [-0.15, -0.1) is 0 Å². The zero-order valence-corrected chi connectivity index (χ0v) is 11.4. The third-order valence-corrected chi connectivity index (χ3v) is 2.67. The first-order valence-corrected chi connectivity index (χ1v) is 6.08. The van der Waals surface area contributed by atoms with E-state index in [0.717, 1.165) is 16.5 Å². The van der Waals surface area contributed by atoms with Crippen LogP contribution in [0.15, 0.2) is 37.0 Å². The lowest BCUT2D eigenvalue weighted by molar-refractivity contribution is 0.0544. The summed E-state index contributed by atoms with van der Waals surface area (Å²) in [6.07, 6.45) is 1.29. The summed E-state index contributed by atoms with van der Waals surface area (Å²) in [5.74, 6) is 0. The molecule has 0 aliphatic heterocycles. The number of benzene rings is 1. The van der Waals surface area contributed by atoms with Crippen molar-refractivity contribution in [2.24, 2.45) is 5.73 Å². The van der Waals surface area contributed by atoms with E-state index in [9.17, 15) is 4.79 Å². The number of hydrogen-bond acceptors (Lipinski definition) is 3. The van der Waals surface area contributed by atoms with E-state index in [1.165, 1.54) is 4.57 Å². The van der Waals surface area contributed by atoms with Crippen molar-refractivity contribution < 1.29 is 9.53 Å². The Morgan fingerprint density at radius 3 is 2.58 bits per heavy atom. The van der Waals surface area contributed by atoms with Gasteiger partial charge in [0.25, 0.3) is 0 Å². The molecule has 2 N–H and O–H groups in total. The summed E-state index contributed by atoms with van der Waals surface area (Å²) in [5, 5.41) is 0.890. The van der Waals surface area contributed by atoms with E-state index in [1.54, 1.807) is 6.20 Å². The van der Waals surface area contributed by atoms with Crippen molar-refractivity contribution in [3.05, 3.63) is 42.6 Å². The van der Waals surface area contributed by atoms with Gasteiger partial charge in [-0.05, 0) is 32.9 Å². The van der Waals surface area contributed by atoms with E-state index in [2.05, 4.69) is 6.58 Å². The van der Waals surface area contributed by atoms with Crippen molar-refractivity contribution in [2.75, 3.05) is 0 Å². The molecular weight excluding hydrogens is 240 g/mol. The molecule has 0 bridgehead atoms. The maximum Gasteiger partial charge on any atom is 0.418 e. The smallest absolute Gasteiger partial charge is 0.418 e. The molecule has 4 heteroatoms. The fraction of sp³-hybridized carbons (Fsp3) is 0.267. The van der Waals surface area contributed by atoms with Gasteiger partial charge in [0, 0.05) is 22.8 Å². The van der Waals surface area contributed by atoms with Crippen molar-refractivity contribution in [3.8, 4) is 0 Å². The van der Waals surface area contributed by atoms with Crippen LogP contribution in [-0.4, -0.2) is 16.3 Å². The molecule has 0 fully saturated rings. The van der Waals surface area contributed by atoms with E-state index < -0.39 is 11.7 Å². The second-order valence-corrected chi connectivity index (χ2v) is 5.43. The Labute approximate surface area is 112 Å². The van der Waals surface area contributed by atoms with Gasteiger partial charge in [0.2, 0.25) is 0 Å². The molecule has 0 unspecified atom stereocenters. The molecule has 4 nitrogen and oxygen atoms in total. The highest BCUT2D eigenvalue weighted by Gasteiger charge is 2.19. The van der Waals surface area contributed by atoms with Crippen LogP contribution in [0.1, 0.15) is 26.3 Å². The fourth-order valence-corrected chi connectivity index (χ4v) is 1.92. The van der Waals surface area contributed by atoms with E-state index >= 15 is 0 Å². The van der Waals surface area contributed by atoms with Gasteiger partial charge in [0.15, 0.2) is 0 Å². The standard InChI is InChI=1S/C15H18N2O2/c1-10(16)11-6-5-7-13-12(11)8-9-17(13)14(18)19-15(2,3)4/h5-9H,1,16H2,2-4H3. The summed E-state index contributed by atoms with van der Waals surface area (Å²) >= 11 is 0. The topological polar surface area (TPSA) is 57.2 Å². The summed E-state index contributed by atoms with van der Waals surface area (Å²) in [5.41, 5.74) is 7.30. The van der Waals surface area contributed by atoms with Crippen LogP contribution in [0.5, 0.6) is 0 Å². The molecular formula is C15H18N2O2. The Hall–Kier alpha value is -2.23. The highest BCUT2D eigenvalue weighted by atomic mass is 16.6. The van der Waals surface area contributed by atoms with Crippen LogP contribution in [0.25, 0.3) is 16.6 Å². The first-order chi connectivity index (χ1) is 8.79. The second-order valence-electron chi connectivity index (χ2n) is 5.43. The lowest BCUT2D eigenvalue weighted by atomic mass is 10.1. The summed E-state index contributed by atoms with van der Waals surface area (Å²) < 4.78 is 6.84. The van der Waals surface area contributed by atoms with Crippen LogP contribution >= 0.6 is 0 Å². The highest BCUT2D eigenvalue weighted by Crippen LogP contribution is 2.24. The number of nitrogens with two attached hydrogens (primary N) is 1. The lowest BCUT2D eigenvalue weighted by Crippen LogP contribution is -2.26. The van der Waals surface area contributed by atoms with Crippen molar-refractivity contribution in [1.29, 1.82) is 0 Å². The molecule has 2 aromatic rings. The largest absolute Gasteiger partial charge is 0.443 e. The van der Waals surface area contributed by atoms with Crippen molar-refractivity contribution >= 4 is 22.7 Å². The van der Waals surface area contributed by atoms with Gasteiger partial charge >= 0.3 is 6.09 Å². The number of ether oxygens (including phenoxy) is 1. The van der Waals surface area contributed by atoms with E-state index in [0.29, 0.717) is 5.70 Å². The molecule has 0 amide bonds. The van der Waals surface area contributed by atoms with Crippen LogP contribution < -0.4 is 5.73 Å². The zero-order chi connectivity index (χ0) is 14.2. The third-order valence-electron chi connectivity index (χ3n) is 2.67. The minimum Gasteiger partial charge on any atom is -0.443 e. The molecule has 19 heavy (non-hydrogen) atoms. The molecule has 0 atom stereocenters. The number of fused-ring (bicyclic) bond motifs is 1. The molecule has 0 aliphatic rings. The average molecular weight is 258 g/mol. The average Bonchev–Trinajstić information content (AvgIpc) is 2.69. The zero-order valence-electron chi connectivity index (χ0n) is 11.4. The van der Waals surface area contributed by atoms with E-state index in [4.69, 9.17) is 10.5 Å². The minimum atomic E-state index is -0.525. The molecule has 0 spiro atoms. The van der Waals surface area contributed by atoms with Gasteiger partial charge in [-0.1, -0.05) is 18.7 Å². The number of rotatable bonds is 1.